The molecule has 6 heteroatoms. The summed E-state index contributed by atoms with van der Waals surface area (Å²) in [4.78, 5) is 29.0. The van der Waals surface area contributed by atoms with Crippen molar-refractivity contribution in [3.8, 4) is 0 Å². The lowest BCUT2D eigenvalue weighted by Crippen LogP contribution is -2.50. The number of amides is 2. The third-order valence-electron chi connectivity index (χ3n) is 5.21. The van der Waals surface area contributed by atoms with Crippen LogP contribution in [0.15, 0.2) is 42.5 Å². The second-order valence-corrected chi connectivity index (χ2v) is 7.28. The topological polar surface area (TPSA) is 78.7 Å². The Kier molecular flexibility index (Phi) is 6.44. The Morgan fingerprint density at radius 2 is 1.57 bits per heavy atom. The normalized spacial score (nSPS) is 14.8. The first-order valence-electron chi connectivity index (χ1n) is 9.64. The van der Waals surface area contributed by atoms with E-state index in [0.717, 1.165) is 22.4 Å². The first kappa shape index (κ1) is 20.0. The quantitative estimate of drug-likeness (QED) is 0.833. The molecule has 0 aliphatic carbocycles. The van der Waals surface area contributed by atoms with Crippen LogP contribution in [0.2, 0.25) is 0 Å². The van der Waals surface area contributed by atoms with Crippen LogP contribution in [0, 0.1) is 13.8 Å². The Labute approximate surface area is 166 Å². The Hall–Kier alpha value is -2.70. The van der Waals surface area contributed by atoms with Gasteiger partial charge >= 0.3 is 0 Å². The molecule has 28 heavy (non-hydrogen) atoms. The van der Waals surface area contributed by atoms with Gasteiger partial charge in [0.1, 0.15) is 0 Å². The zero-order valence-electron chi connectivity index (χ0n) is 16.6. The maximum atomic E-state index is 12.6. The fourth-order valence-electron chi connectivity index (χ4n) is 3.47. The summed E-state index contributed by atoms with van der Waals surface area (Å²) in [7, 11) is 0. The lowest BCUT2D eigenvalue weighted by molar-refractivity contribution is -0.117. The van der Waals surface area contributed by atoms with E-state index in [4.69, 9.17) is 5.73 Å². The fourth-order valence-corrected chi connectivity index (χ4v) is 3.47. The average molecular weight is 380 g/mol. The number of rotatable bonds is 5. The number of nitrogens with zero attached hydrogens (tertiary/aromatic N) is 2. The summed E-state index contributed by atoms with van der Waals surface area (Å²) in [5.74, 6) is 0.0118. The predicted octanol–water partition coefficient (Wildman–Crippen LogP) is 2.16. The Balaban J connectivity index is 1.50. The van der Waals surface area contributed by atoms with Gasteiger partial charge in [-0.3, -0.25) is 14.5 Å². The van der Waals surface area contributed by atoms with Gasteiger partial charge in [-0.05, 0) is 42.7 Å². The van der Waals surface area contributed by atoms with Crippen LogP contribution in [0.25, 0.3) is 0 Å². The van der Waals surface area contributed by atoms with E-state index in [9.17, 15) is 9.59 Å². The summed E-state index contributed by atoms with van der Waals surface area (Å²) in [6.45, 7) is 7.40. The maximum Gasteiger partial charge on any atom is 0.253 e. The van der Waals surface area contributed by atoms with Gasteiger partial charge in [0, 0.05) is 44.0 Å². The van der Waals surface area contributed by atoms with Gasteiger partial charge in [-0.2, -0.15) is 0 Å². The van der Waals surface area contributed by atoms with E-state index in [1.165, 1.54) is 0 Å². The highest BCUT2D eigenvalue weighted by atomic mass is 16.2. The minimum absolute atomic E-state index is 0.0189. The highest BCUT2D eigenvalue weighted by Gasteiger charge is 2.23. The monoisotopic (exact) mass is 380 g/mol. The van der Waals surface area contributed by atoms with Crippen LogP contribution < -0.4 is 11.1 Å². The maximum absolute atomic E-state index is 12.6. The second kappa shape index (κ2) is 8.99. The van der Waals surface area contributed by atoms with Gasteiger partial charge < -0.3 is 16.0 Å². The van der Waals surface area contributed by atoms with Crippen molar-refractivity contribution in [1.82, 2.24) is 9.80 Å². The molecule has 0 unspecified atom stereocenters. The summed E-state index contributed by atoms with van der Waals surface area (Å²) in [5.41, 5.74) is 10.3. The number of nitrogens with two attached hydrogens (primary N) is 1. The molecule has 0 radical (unpaired) electrons. The molecule has 2 aromatic carbocycles. The van der Waals surface area contributed by atoms with Crippen molar-refractivity contribution in [2.75, 3.05) is 38.0 Å². The molecule has 0 bridgehead atoms. The van der Waals surface area contributed by atoms with E-state index < -0.39 is 0 Å². The number of anilines is 1. The molecular weight excluding hydrogens is 352 g/mol. The molecule has 1 heterocycles. The van der Waals surface area contributed by atoms with Crippen molar-refractivity contribution in [2.45, 2.75) is 20.4 Å². The third-order valence-corrected chi connectivity index (χ3v) is 5.21. The van der Waals surface area contributed by atoms with Crippen LogP contribution >= 0.6 is 0 Å². The number of para-hydroxylation sites is 1. The highest BCUT2D eigenvalue weighted by Crippen LogP contribution is 2.19. The molecule has 0 atom stereocenters. The molecule has 0 saturated carbocycles. The number of carbonyl (C=O) groups excluding carboxylic acids is 2. The Morgan fingerprint density at radius 1 is 0.964 bits per heavy atom. The number of carbonyl (C=O) groups is 2. The van der Waals surface area contributed by atoms with Crippen molar-refractivity contribution < 1.29 is 9.59 Å². The zero-order chi connectivity index (χ0) is 20.1. The van der Waals surface area contributed by atoms with Crippen molar-refractivity contribution in [2.24, 2.45) is 5.73 Å². The van der Waals surface area contributed by atoms with Crippen molar-refractivity contribution in [1.29, 1.82) is 0 Å². The van der Waals surface area contributed by atoms with Crippen LogP contribution in [0.5, 0.6) is 0 Å². The first-order chi connectivity index (χ1) is 13.5. The molecule has 148 valence electrons. The Bertz CT molecular complexity index is 820. The second-order valence-electron chi connectivity index (χ2n) is 7.28. The van der Waals surface area contributed by atoms with E-state index in [1.807, 2.05) is 61.2 Å². The number of hydrogen-bond acceptors (Lipinski definition) is 4. The Morgan fingerprint density at radius 3 is 2.14 bits per heavy atom. The molecule has 2 amide bonds. The molecular formula is C22H28N4O2. The van der Waals surface area contributed by atoms with Crippen LogP contribution in [-0.2, 0) is 11.3 Å². The lowest BCUT2D eigenvalue weighted by Gasteiger charge is -2.34. The van der Waals surface area contributed by atoms with E-state index in [1.54, 1.807) is 0 Å². The molecule has 1 aliphatic heterocycles. The van der Waals surface area contributed by atoms with Gasteiger partial charge in [0.2, 0.25) is 5.91 Å². The van der Waals surface area contributed by atoms with Crippen LogP contribution in [0.4, 0.5) is 5.69 Å². The van der Waals surface area contributed by atoms with Gasteiger partial charge in [0.05, 0.1) is 6.54 Å². The van der Waals surface area contributed by atoms with E-state index >= 15 is 0 Å². The minimum atomic E-state index is -0.0189. The summed E-state index contributed by atoms with van der Waals surface area (Å²) in [6.07, 6.45) is 0. The number of benzene rings is 2. The fraction of sp³-hybridized carbons (Fsp3) is 0.364. The zero-order valence-corrected chi connectivity index (χ0v) is 16.6. The number of piperazine rings is 1. The molecule has 1 fully saturated rings. The van der Waals surface area contributed by atoms with Crippen molar-refractivity contribution in [3.63, 3.8) is 0 Å². The van der Waals surface area contributed by atoms with Crippen LogP contribution in [0.1, 0.15) is 27.0 Å². The molecule has 1 aliphatic rings. The first-order valence-corrected chi connectivity index (χ1v) is 9.64. The van der Waals surface area contributed by atoms with Gasteiger partial charge in [-0.15, -0.1) is 0 Å². The summed E-state index contributed by atoms with van der Waals surface area (Å²) < 4.78 is 0. The lowest BCUT2D eigenvalue weighted by atomic mass is 10.1. The average Bonchev–Trinajstić information content (AvgIpc) is 2.71. The van der Waals surface area contributed by atoms with Gasteiger partial charge in [0.25, 0.3) is 5.91 Å². The number of nitrogens with one attached hydrogen (secondary N) is 1. The smallest absolute Gasteiger partial charge is 0.253 e. The molecule has 1 saturated heterocycles. The van der Waals surface area contributed by atoms with E-state index in [-0.39, 0.29) is 11.8 Å². The molecule has 6 nitrogen and oxygen atoms in total. The van der Waals surface area contributed by atoms with Crippen molar-refractivity contribution in [3.05, 3.63) is 64.7 Å². The molecule has 0 spiro atoms. The third kappa shape index (κ3) is 4.77. The van der Waals surface area contributed by atoms with Gasteiger partial charge in [0.15, 0.2) is 0 Å². The number of aryl methyl sites for hydroxylation is 2. The van der Waals surface area contributed by atoms with E-state index in [2.05, 4.69) is 10.2 Å². The largest absolute Gasteiger partial charge is 0.336 e. The van der Waals surface area contributed by atoms with Crippen molar-refractivity contribution >= 4 is 17.5 Å². The molecule has 3 rings (SSSR count). The molecule has 0 aromatic heterocycles. The standard InChI is InChI=1S/C22H28N4O2/c1-16-4-3-5-17(2)21(16)24-20(27)15-25-10-12-26(13-11-25)22(28)19-8-6-18(14-23)7-9-19/h3-9H,10-15,23H2,1-2H3,(H,24,27). The van der Waals surface area contributed by atoms with E-state index in [0.29, 0.717) is 44.8 Å². The minimum Gasteiger partial charge on any atom is -0.336 e. The molecule has 3 N–H and O–H groups in total. The summed E-state index contributed by atoms with van der Waals surface area (Å²) in [6, 6.07) is 13.4. The summed E-state index contributed by atoms with van der Waals surface area (Å²) in [5, 5.41) is 3.03. The number of hydrogen-bond donors (Lipinski definition) is 2. The van der Waals surface area contributed by atoms with Gasteiger partial charge in [-0.1, -0.05) is 30.3 Å². The predicted molar refractivity (Wildman–Crippen MR) is 111 cm³/mol. The summed E-state index contributed by atoms with van der Waals surface area (Å²) >= 11 is 0. The SMILES string of the molecule is Cc1cccc(C)c1NC(=O)CN1CCN(C(=O)c2ccc(CN)cc2)CC1. The molecule has 2 aromatic rings. The van der Waals surface area contributed by atoms with Gasteiger partial charge in [-0.25, -0.2) is 0 Å². The highest BCUT2D eigenvalue weighted by molar-refractivity contribution is 5.95. The van der Waals surface area contributed by atoms with Crippen LogP contribution in [0.3, 0.4) is 0 Å². The van der Waals surface area contributed by atoms with Crippen LogP contribution in [-0.4, -0.2) is 54.3 Å².